The number of hydrogen-bond donors (Lipinski definition) is 2. The average Bonchev–Trinajstić information content (AvgIpc) is 2.29. The summed E-state index contributed by atoms with van der Waals surface area (Å²) in [7, 11) is -2.47. The van der Waals surface area contributed by atoms with Gasteiger partial charge in [-0.15, -0.1) is 0 Å². The van der Waals surface area contributed by atoms with Crippen LogP contribution in [0.2, 0.25) is 0 Å². The van der Waals surface area contributed by atoms with Crippen LogP contribution in [0.15, 0.2) is 23.1 Å². The molecule has 18 heavy (non-hydrogen) atoms. The lowest BCUT2D eigenvalue weighted by Crippen LogP contribution is -2.30. The summed E-state index contributed by atoms with van der Waals surface area (Å²) < 4.78 is 38.3. The fraction of sp³-hybridized carbons (Fsp3) is 0.300. The molecule has 1 aromatic rings. The van der Waals surface area contributed by atoms with E-state index in [1.54, 1.807) is 0 Å². The fourth-order valence-electron chi connectivity index (χ4n) is 1.29. The molecule has 0 heterocycles. The van der Waals surface area contributed by atoms with Gasteiger partial charge >= 0.3 is 0 Å². The molecule has 0 bridgehead atoms. The molecule has 5 nitrogen and oxygen atoms in total. The molecule has 1 aromatic carbocycles. The second kappa shape index (κ2) is 5.70. The van der Waals surface area contributed by atoms with Gasteiger partial charge in [-0.2, -0.15) is 4.31 Å². The third-order valence-electron chi connectivity index (χ3n) is 2.33. The number of thiocarbonyl (C=S) groups is 1. The predicted molar refractivity (Wildman–Crippen MR) is 69.2 cm³/mol. The third-order valence-corrected chi connectivity index (χ3v) is 4.40. The van der Waals surface area contributed by atoms with E-state index in [1.165, 1.54) is 7.05 Å². The van der Waals surface area contributed by atoms with Crippen LogP contribution in [0.5, 0.6) is 0 Å². The highest BCUT2D eigenvalue weighted by Crippen LogP contribution is 2.18. The second-order valence-corrected chi connectivity index (χ2v) is 6.04. The zero-order valence-corrected chi connectivity index (χ0v) is 11.3. The molecule has 0 radical (unpaired) electrons. The molecule has 0 saturated carbocycles. The Balaban J connectivity index is 3.26. The summed E-state index contributed by atoms with van der Waals surface area (Å²) >= 11 is 4.64. The predicted octanol–water partition coefficient (Wildman–Crippen LogP) is 0.0727. The number of nitrogens with two attached hydrogens (primary N) is 1. The van der Waals surface area contributed by atoms with Gasteiger partial charge in [0.05, 0.1) is 11.5 Å². The van der Waals surface area contributed by atoms with E-state index in [0.717, 1.165) is 22.5 Å². The number of hydrogen-bond acceptors (Lipinski definition) is 4. The van der Waals surface area contributed by atoms with Crippen LogP contribution in [0.4, 0.5) is 4.39 Å². The number of sulfonamides is 1. The van der Waals surface area contributed by atoms with Gasteiger partial charge < -0.3 is 10.8 Å². The first-order valence-electron chi connectivity index (χ1n) is 4.97. The van der Waals surface area contributed by atoms with E-state index < -0.39 is 15.8 Å². The lowest BCUT2D eigenvalue weighted by Gasteiger charge is -2.16. The highest BCUT2D eigenvalue weighted by Gasteiger charge is 2.21. The molecule has 8 heteroatoms. The second-order valence-electron chi connectivity index (χ2n) is 3.56. The Hall–Kier alpha value is -1.09. The number of rotatable bonds is 5. The van der Waals surface area contributed by atoms with Gasteiger partial charge in [0.15, 0.2) is 0 Å². The van der Waals surface area contributed by atoms with Gasteiger partial charge in [0, 0.05) is 19.2 Å². The minimum absolute atomic E-state index is 0.0535. The Morgan fingerprint density at radius 3 is 2.67 bits per heavy atom. The summed E-state index contributed by atoms with van der Waals surface area (Å²) in [5.74, 6) is -0.675. The van der Waals surface area contributed by atoms with Crippen LogP contribution in [-0.2, 0) is 10.0 Å². The maximum absolute atomic E-state index is 13.3. The molecule has 0 aliphatic rings. The Kier molecular flexibility index (Phi) is 4.74. The van der Waals surface area contributed by atoms with Crippen LogP contribution in [0, 0.1) is 5.82 Å². The van der Waals surface area contributed by atoms with Crippen molar-refractivity contribution in [3.63, 3.8) is 0 Å². The molecular weight excluding hydrogens is 279 g/mol. The zero-order valence-electron chi connectivity index (χ0n) is 9.63. The minimum Gasteiger partial charge on any atom is -0.395 e. The van der Waals surface area contributed by atoms with Crippen molar-refractivity contribution in [3.8, 4) is 0 Å². The van der Waals surface area contributed by atoms with Gasteiger partial charge in [-0.25, -0.2) is 12.8 Å². The molecule has 0 amide bonds. The molecule has 0 aromatic heterocycles. The van der Waals surface area contributed by atoms with E-state index in [1.807, 2.05) is 0 Å². The Morgan fingerprint density at radius 2 is 2.17 bits per heavy atom. The molecular formula is C10H13FN2O3S2. The van der Waals surface area contributed by atoms with Crippen molar-refractivity contribution in [2.24, 2.45) is 5.73 Å². The minimum atomic E-state index is -3.78. The lowest BCUT2D eigenvalue weighted by atomic mass is 10.2. The normalized spacial score (nSPS) is 11.8. The molecule has 3 N–H and O–H groups in total. The topological polar surface area (TPSA) is 83.6 Å². The molecule has 0 unspecified atom stereocenters. The van der Waals surface area contributed by atoms with E-state index in [2.05, 4.69) is 12.2 Å². The first-order valence-corrected chi connectivity index (χ1v) is 6.82. The van der Waals surface area contributed by atoms with Crippen LogP contribution in [-0.4, -0.2) is 43.0 Å². The number of aliphatic hydroxyl groups is 1. The van der Waals surface area contributed by atoms with Crippen LogP contribution in [0.25, 0.3) is 0 Å². The van der Waals surface area contributed by atoms with Gasteiger partial charge in [0.25, 0.3) is 0 Å². The fourth-order valence-corrected chi connectivity index (χ4v) is 2.64. The quantitative estimate of drug-likeness (QED) is 0.751. The molecule has 0 saturated heterocycles. The van der Waals surface area contributed by atoms with Crippen LogP contribution >= 0.6 is 12.2 Å². The highest BCUT2D eigenvalue weighted by atomic mass is 32.2. The molecule has 0 aliphatic carbocycles. The van der Waals surface area contributed by atoms with E-state index in [9.17, 15) is 12.8 Å². The van der Waals surface area contributed by atoms with Crippen LogP contribution < -0.4 is 5.73 Å². The first kappa shape index (κ1) is 15.0. The van der Waals surface area contributed by atoms with Crippen LogP contribution in [0.1, 0.15) is 5.56 Å². The summed E-state index contributed by atoms with van der Waals surface area (Å²) in [4.78, 5) is -0.336. The zero-order chi connectivity index (χ0) is 13.9. The molecule has 100 valence electrons. The maximum atomic E-state index is 13.3. The number of likely N-dealkylation sites (N-methyl/N-ethyl adjacent to an activating group) is 1. The van der Waals surface area contributed by atoms with Crippen molar-refractivity contribution in [3.05, 3.63) is 29.6 Å². The van der Waals surface area contributed by atoms with E-state index >= 15 is 0 Å². The van der Waals surface area contributed by atoms with E-state index in [4.69, 9.17) is 10.8 Å². The SMILES string of the molecule is CN(CCO)S(=O)(=O)c1ccc(F)c(C(N)=S)c1. The Labute approximate surface area is 110 Å². The van der Waals surface area contributed by atoms with Crippen molar-refractivity contribution in [2.75, 3.05) is 20.2 Å². The summed E-state index contributed by atoms with van der Waals surface area (Å²) in [6, 6.07) is 3.20. The summed E-state index contributed by atoms with van der Waals surface area (Å²) in [6.45, 7) is -0.360. The van der Waals surface area contributed by atoms with Gasteiger partial charge in [-0.3, -0.25) is 0 Å². The first-order chi connectivity index (χ1) is 8.30. The average molecular weight is 292 g/mol. The van der Waals surface area contributed by atoms with Gasteiger partial charge in [0.1, 0.15) is 10.8 Å². The van der Waals surface area contributed by atoms with Crippen molar-refractivity contribution in [2.45, 2.75) is 4.90 Å². The summed E-state index contributed by atoms with van der Waals surface area (Å²) in [5.41, 5.74) is 5.18. The molecule has 0 spiro atoms. The lowest BCUT2D eigenvalue weighted by molar-refractivity contribution is 0.266. The van der Waals surface area contributed by atoms with Crippen molar-refractivity contribution >= 4 is 27.2 Å². The number of halogens is 1. The number of aliphatic hydroxyl groups excluding tert-OH is 1. The summed E-state index contributed by atoms with van der Waals surface area (Å²) in [5, 5.41) is 8.73. The molecule has 0 aliphatic heterocycles. The molecule has 0 atom stereocenters. The Morgan fingerprint density at radius 1 is 1.56 bits per heavy atom. The number of nitrogens with zero attached hydrogens (tertiary/aromatic N) is 1. The highest BCUT2D eigenvalue weighted by molar-refractivity contribution is 7.89. The summed E-state index contributed by atoms with van der Waals surface area (Å²) in [6.07, 6.45) is 0. The standard InChI is InChI=1S/C10H13FN2O3S2/c1-13(4-5-14)18(15,16)7-2-3-9(11)8(6-7)10(12)17/h2-3,6,14H,4-5H2,1H3,(H2,12,17). The van der Waals surface area contributed by atoms with Gasteiger partial charge in [0.2, 0.25) is 10.0 Å². The van der Waals surface area contributed by atoms with Crippen LogP contribution in [0.3, 0.4) is 0 Å². The maximum Gasteiger partial charge on any atom is 0.242 e. The van der Waals surface area contributed by atoms with E-state index in [-0.39, 0.29) is 28.6 Å². The van der Waals surface area contributed by atoms with Crippen molar-refractivity contribution in [1.29, 1.82) is 0 Å². The van der Waals surface area contributed by atoms with Gasteiger partial charge in [-0.05, 0) is 18.2 Å². The molecule has 0 fully saturated rings. The largest absolute Gasteiger partial charge is 0.395 e. The third kappa shape index (κ3) is 3.02. The monoisotopic (exact) mass is 292 g/mol. The van der Waals surface area contributed by atoms with E-state index in [0.29, 0.717) is 0 Å². The molecule has 1 rings (SSSR count). The Bertz CT molecular complexity index is 560. The number of benzene rings is 1. The van der Waals surface area contributed by atoms with Gasteiger partial charge in [-0.1, -0.05) is 12.2 Å². The van der Waals surface area contributed by atoms with Crippen molar-refractivity contribution in [1.82, 2.24) is 4.31 Å². The smallest absolute Gasteiger partial charge is 0.242 e. The van der Waals surface area contributed by atoms with Crippen molar-refractivity contribution < 1.29 is 17.9 Å².